The highest BCUT2D eigenvalue weighted by molar-refractivity contribution is 6.07. The molecule has 3 N–H and O–H groups in total. The molecule has 1 saturated heterocycles. The Morgan fingerprint density at radius 2 is 2.04 bits per heavy atom. The lowest BCUT2D eigenvalue weighted by Gasteiger charge is -2.34. The zero-order chi connectivity index (χ0) is 18.0. The first-order valence-corrected chi connectivity index (χ1v) is 8.46. The molecule has 0 bridgehead atoms. The van der Waals surface area contributed by atoms with Crippen LogP contribution >= 0.6 is 0 Å². The third kappa shape index (κ3) is 3.72. The van der Waals surface area contributed by atoms with Gasteiger partial charge in [-0.15, -0.1) is 0 Å². The van der Waals surface area contributed by atoms with Crippen LogP contribution in [-0.2, 0) is 4.79 Å². The number of pyridine rings is 1. The number of nitrogens with one attached hydrogen (secondary N) is 3. The van der Waals surface area contributed by atoms with E-state index in [1.54, 1.807) is 18.2 Å². The Labute approximate surface area is 145 Å². The van der Waals surface area contributed by atoms with Crippen LogP contribution in [0.1, 0.15) is 50.0 Å². The molecule has 2 fully saturated rings. The van der Waals surface area contributed by atoms with Crippen LogP contribution in [0.4, 0.5) is 4.79 Å². The standard InChI is InChI=1S/C17H22N4O4/c1-10(2)25-13-5-3-4-12(19-13)14(22)18-11-6-8-17(9-7-11)15(23)20-16(24)21-17/h3-5,10-11H,6-9H2,1-2H3,(H,18,22)(H2,20,21,23,24). The number of carbonyl (C=O) groups is 3. The number of aromatic nitrogens is 1. The topological polar surface area (TPSA) is 109 Å². The van der Waals surface area contributed by atoms with Crippen molar-refractivity contribution in [3.63, 3.8) is 0 Å². The van der Waals surface area contributed by atoms with Crippen molar-refractivity contribution in [1.82, 2.24) is 20.9 Å². The summed E-state index contributed by atoms with van der Waals surface area (Å²) in [5.41, 5.74) is -0.521. The summed E-state index contributed by atoms with van der Waals surface area (Å²) in [6.45, 7) is 3.79. The quantitative estimate of drug-likeness (QED) is 0.708. The molecule has 0 radical (unpaired) electrons. The Bertz CT molecular complexity index is 696. The highest BCUT2D eigenvalue weighted by Gasteiger charge is 2.48. The lowest BCUT2D eigenvalue weighted by Crippen LogP contribution is -2.52. The second kappa shape index (κ2) is 6.70. The molecule has 134 valence electrons. The number of urea groups is 1. The van der Waals surface area contributed by atoms with E-state index < -0.39 is 11.6 Å². The third-order valence-corrected chi connectivity index (χ3v) is 4.50. The molecule has 2 aliphatic rings. The van der Waals surface area contributed by atoms with Gasteiger partial charge in [0.1, 0.15) is 11.2 Å². The van der Waals surface area contributed by atoms with E-state index in [-0.39, 0.29) is 24.0 Å². The van der Waals surface area contributed by atoms with Gasteiger partial charge in [-0.2, -0.15) is 0 Å². The van der Waals surface area contributed by atoms with Gasteiger partial charge in [0.25, 0.3) is 11.8 Å². The van der Waals surface area contributed by atoms with Crippen molar-refractivity contribution in [1.29, 1.82) is 0 Å². The van der Waals surface area contributed by atoms with Crippen LogP contribution in [0.2, 0.25) is 0 Å². The van der Waals surface area contributed by atoms with Gasteiger partial charge in [0.15, 0.2) is 0 Å². The monoisotopic (exact) mass is 346 g/mol. The van der Waals surface area contributed by atoms with Crippen LogP contribution in [0.3, 0.4) is 0 Å². The Morgan fingerprint density at radius 3 is 2.64 bits per heavy atom. The van der Waals surface area contributed by atoms with E-state index in [4.69, 9.17) is 4.74 Å². The molecule has 1 spiro atoms. The second-order valence-corrected chi connectivity index (χ2v) is 6.77. The number of imide groups is 1. The normalized spacial score (nSPS) is 25.6. The number of hydrogen-bond donors (Lipinski definition) is 3. The Morgan fingerprint density at radius 1 is 1.32 bits per heavy atom. The van der Waals surface area contributed by atoms with Crippen LogP contribution in [0, 0.1) is 0 Å². The van der Waals surface area contributed by atoms with Gasteiger partial charge in [-0.3, -0.25) is 14.9 Å². The average Bonchev–Trinajstić information content (AvgIpc) is 2.83. The highest BCUT2D eigenvalue weighted by Crippen LogP contribution is 2.31. The minimum absolute atomic E-state index is 0.0203. The predicted octanol–water partition coefficient (Wildman–Crippen LogP) is 1.12. The van der Waals surface area contributed by atoms with Crippen molar-refractivity contribution in [3.05, 3.63) is 23.9 Å². The van der Waals surface area contributed by atoms with Gasteiger partial charge < -0.3 is 15.4 Å². The molecule has 0 unspecified atom stereocenters. The molecule has 3 rings (SSSR count). The van der Waals surface area contributed by atoms with Gasteiger partial charge in [-0.05, 0) is 45.6 Å². The SMILES string of the molecule is CC(C)Oc1cccc(C(=O)NC2CCC3(CC2)NC(=O)NC3=O)n1. The average molecular weight is 346 g/mol. The minimum atomic E-state index is -0.818. The molecule has 8 nitrogen and oxygen atoms in total. The molecule has 2 heterocycles. The minimum Gasteiger partial charge on any atom is -0.475 e. The van der Waals surface area contributed by atoms with E-state index in [0.29, 0.717) is 37.3 Å². The zero-order valence-corrected chi connectivity index (χ0v) is 14.3. The molecular formula is C17H22N4O4. The summed E-state index contributed by atoms with van der Waals surface area (Å²) >= 11 is 0. The second-order valence-electron chi connectivity index (χ2n) is 6.77. The number of hydrogen-bond acceptors (Lipinski definition) is 5. The molecule has 1 aromatic heterocycles. The largest absolute Gasteiger partial charge is 0.475 e. The summed E-state index contributed by atoms with van der Waals surface area (Å²) < 4.78 is 5.50. The van der Waals surface area contributed by atoms with Gasteiger partial charge >= 0.3 is 6.03 Å². The first kappa shape index (κ1) is 17.2. The molecule has 1 aliphatic carbocycles. The van der Waals surface area contributed by atoms with Gasteiger partial charge in [0.05, 0.1) is 6.10 Å². The van der Waals surface area contributed by atoms with E-state index >= 15 is 0 Å². The van der Waals surface area contributed by atoms with E-state index in [1.807, 2.05) is 13.8 Å². The fourth-order valence-electron chi connectivity index (χ4n) is 3.24. The van der Waals surface area contributed by atoms with Crippen LogP contribution in [-0.4, -0.2) is 40.5 Å². The summed E-state index contributed by atoms with van der Waals surface area (Å²) in [4.78, 5) is 39.9. The van der Waals surface area contributed by atoms with Crippen molar-refractivity contribution < 1.29 is 19.1 Å². The Balaban J connectivity index is 1.58. The van der Waals surface area contributed by atoms with Crippen molar-refractivity contribution >= 4 is 17.8 Å². The summed E-state index contributed by atoms with van der Waals surface area (Å²) in [6, 6.07) is 4.58. The van der Waals surface area contributed by atoms with Gasteiger partial charge in [-0.1, -0.05) is 6.07 Å². The molecule has 0 atom stereocenters. The van der Waals surface area contributed by atoms with Gasteiger partial charge in [0.2, 0.25) is 5.88 Å². The summed E-state index contributed by atoms with van der Waals surface area (Å²) in [6.07, 6.45) is 2.20. The fraction of sp³-hybridized carbons (Fsp3) is 0.529. The van der Waals surface area contributed by atoms with E-state index in [9.17, 15) is 14.4 Å². The molecule has 4 amide bonds. The lowest BCUT2D eigenvalue weighted by molar-refractivity contribution is -0.125. The number of amides is 4. The van der Waals surface area contributed by atoms with Crippen LogP contribution in [0.5, 0.6) is 5.88 Å². The van der Waals surface area contributed by atoms with E-state index in [0.717, 1.165) is 0 Å². The van der Waals surface area contributed by atoms with Crippen molar-refractivity contribution in [2.45, 2.75) is 57.2 Å². The van der Waals surface area contributed by atoms with Crippen molar-refractivity contribution in [3.8, 4) is 5.88 Å². The molecule has 0 aromatic carbocycles. The van der Waals surface area contributed by atoms with Crippen molar-refractivity contribution in [2.75, 3.05) is 0 Å². The molecule has 1 aromatic rings. The first-order chi connectivity index (χ1) is 11.9. The van der Waals surface area contributed by atoms with Gasteiger partial charge in [-0.25, -0.2) is 9.78 Å². The molecule has 8 heteroatoms. The van der Waals surface area contributed by atoms with Crippen LogP contribution in [0.15, 0.2) is 18.2 Å². The molecule has 1 saturated carbocycles. The number of carbonyl (C=O) groups excluding carboxylic acids is 3. The van der Waals surface area contributed by atoms with Crippen molar-refractivity contribution in [2.24, 2.45) is 0 Å². The maximum Gasteiger partial charge on any atom is 0.322 e. The van der Waals surface area contributed by atoms with E-state index in [2.05, 4.69) is 20.9 Å². The number of rotatable bonds is 4. The summed E-state index contributed by atoms with van der Waals surface area (Å²) in [5, 5.41) is 7.94. The van der Waals surface area contributed by atoms with Crippen LogP contribution in [0.25, 0.3) is 0 Å². The zero-order valence-electron chi connectivity index (χ0n) is 14.3. The van der Waals surface area contributed by atoms with E-state index in [1.165, 1.54) is 0 Å². The van der Waals surface area contributed by atoms with Gasteiger partial charge in [0, 0.05) is 12.1 Å². The predicted molar refractivity (Wildman–Crippen MR) is 89.1 cm³/mol. The third-order valence-electron chi connectivity index (χ3n) is 4.50. The molecular weight excluding hydrogens is 324 g/mol. The summed E-state index contributed by atoms with van der Waals surface area (Å²) in [7, 11) is 0. The maximum atomic E-state index is 12.4. The fourth-order valence-corrected chi connectivity index (χ4v) is 3.24. The van der Waals surface area contributed by atoms with Crippen LogP contribution < -0.4 is 20.7 Å². The number of ether oxygens (including phenoxy) is 1. The highest BCUT2D eigenvalue weighted by atomic mass is 16.5. The lowest BCUT2D eigenvalue weighted by atomic mass is 9.79. The summed E-state index contributed by atoms with van der Waals surface area (Å²) in [5.74, 6) is -0.131. The molecule has 25 heavy (non-hydrogen) atoms. The smallest absolute Gasteiger partial charge is 0.322 e. The Hall–Kier alpha value is -2.64. The first-order valence-electron chi connectivity index (χ1n) is 8.46. The Kier molecular flexibility index (Phi) is 4.61. The molecule has 1 aliphatic heterocycles. The number of nitrogens with zero attached hydrogens (tertiary/aromatic N) is 1. The maximum absolute atomic E-state index is 12.4.